The highest BCUT2D eigenvalue weighted by Gasteiger charge is 2.50. The first-order chi connectivity index (χ1) is 15.3. The lowest BCUT2D eigenvalue weighted by Gasteiger charge is -2.57. The highest BCUT2D eigenvalue weighted by atomic mass is 31.2. The second-order valence-corrected chi connectivity index (χ2v) is 13.9. The zero-order valence-corrected chi connectivity index (χ0v) is 19.3. The Morgan fingerprint density at radius 1 is 0.581 bits per heavy atom. The summed E-state index contributed by atoms with van der Waals surface area (Å²) >= 11 is 0. The van der Waals surface area contributed by atoms with Crippen LogP contribution >= 0.6 is 6.89 Å². The molecule has 0 atom stereocenters. The molecular weight excluding hydrogens is 391 g/mol. The lowest BCUT2D eigenvalue weighted by molar-refractivity contribution is -0.0473. The van der Waals surface area contributed by atoms with E-state index in [-0.39, 0.29) is 0 Å². The van der Waals surface area contributed by atoms with Gasteiger partial charge in [-0.3, -0.25) is 0 Å². The molecule has 158 valence electrons. The molecule has 4 saturated carbocycles. The Kier molecular flexibility index (Phi) is 4.96. The van der Waals surface area contributed by atoms with Crippen LogP contribution in [-0.4, -0.2) is 5.80 Å². The maximum atomic E-state index is 2.83. The summed E-state index contributed by atoms with van der Waals surface area (Å²) in [5.41, 5.74) is 0.568. The van der Waals surface area contributed by atoms with Gasteiger partial charge >= 0.3 is 0 Å². The maximum Gasteiger partial charge on any atom is -0.0163 e. The van der Waals surface area contributed by atoms with Crippen molar-refractivity contribution < 1.29 is 0 Å². The molecule has 0 spiro atoms. The highest BCUT2D eigenvalue weighted by molar-refractivity contribution is 7.94. The van der Waals surface area contributed by atoms with E-state index in [1.807, 2.05) is 0 Å². The molecule has 4 fully saturated rings. The molecule has 0 aliphatic heterocycles. The van der Waals surface area contributed by atoms with Gasteiger partial charge in [0.25, 0.3) is 0 Å². The molecule has 31 heavy (non-hydrogen) atoms. The van der Waals surface area contributed by atoms with Gasteiger partial charge < -0.3 is 0 Å². The van der Waals surface area contributed by atoms with Crippen LogP contribution in [-0.2, 0) is 0 Å². The van der Waals surface area contributed by atoms with Crippen molar-refractivity contribution in [1.29, 1.82) is 0 Å². The van der Waals surface area contributed by atoms with Crippen LogP contribution in [0.2, 0.25) is 0 Å². The summed E-state index contributed by atoms with van der Waals surface area (Å²) in [6, 6.07) is 34.1. The molecule has 3 aromatic rings. The van der Waals surface area contributed by atoms with E-state index in [4.69, 9.17) is 0 Å². The quantitative estimate of drug-likeness (QED) is 0.416. The van der Waals surface area contributed by atoms with Crippen molar-refractivity contribution in [2.24, 2.45) is 23.2 Å². The van der Waals surface area contributed by atoms with Crippen molar-refractivity contribution in [3.05, 3.63) is 91.0 Å². The Balaban J connectivity index is 1.54. The fourth-order valence-corrected chi connectivity index (χ4v) is 11.7. The third-order valence-electron chi connectivity index (χ3n) is 8.45. The van der Waals surface area contributed by atoms with Crippen molar-refractivity contribution in [3.8, 4) is 0 Å². The normalized spacial score (nSPS) is 29.1. The minimum atomic E-state index is -1.80. The zero-order valence-electron chi connectivity index (χ0n) is 18.4. The first kappa shape index (κ1) is 19.6. The molecule has 3 aromatic carbocycles. The standard InChI is InChI=1S/C30H33P/c1-4-10-27(11-5-1)31(28-12-6-2-7-13-28,29-14-8-3-9-15-29)17-16-30-21-24-18-25(22-30)20-26(19-24)23-30/h1-15,17,24-26H,16,18-23H2. The van der Waals surface area contributed by atoms with Crippen LogP contribution in [0.1, 0.15) is 44.9 Å². The van der Waals surface area contributed by atoms with E-state index < -0.39 is 6.89 Å². The van der Waals surface area contributed by atoms with E-state index in [0.29, 0.717) is 5.41 Å². The first-order valence-electron chi connectivity index (χ1n) is 12.2. The average molecular weight is 425 g/mol. The molecular formula is C30H33P. The molecule has 0 radical (unpaired) electrons. The number of hydrogen-bond donors (Lipinski definition) is 0. The largest absolute Gasteiger partial charge is 0.0737 e. The SMILES string of the molecule is C(CC12CC3CC(CC(C3)C1)C2)=P(c1ccccc1)(c1ccccc1)c1ccccc1. The first-order valence-corrected chi connectivity index (χ1v) is 14.0. The van der Waals surface area contributed by atoms with E-state index in [2.05, 4.69) is 96.8 Å². The van der Waals surface area contributed by atoms with Gasteiger partial charge in [-0.15, -0.1) is 0 Å². The predicted octanol–water partition coefficient (Wildman–Crippen LogP) is 6.39. The fourth-order valence-electron chi connectivity index (χ4n) is 7.62. The Morgan fingerprint density at radius 2 is 0.935 bits per heavy atom. The molecule has 0 unspecified atom stereocenters. The average Bonchev–Trinajstić information content (AvgIpc) is 2.81. The third kappa shape index (κ3) is 3.44. The van der Waals surface area contributed by atoms with Gasteiger partial charge in [0.2, 0.25) is 0 Å². The van der Waals surface area contributed by atoms with Gasteiger partial charge in [0.1, 0.15) is 0 Å². The Bertz CT molecular complexity index is 942. The van der Waals surface area contributed by atoms with Gasteiger partial charge in [-0.05, 0) is 90.9 Å². The topological polar surface area (TPSA) is 0 Å². The Morgan fingerprint density at radius 3 is 1.29 bits per heavy atom. The predicted molar refractivity (Wildman–Crippen MR) is 136 cm³/mol. The van der Waals surface area contributed by atoms with Crippen LogP contribution in [0, 0.1) is 23.2 Å². The van der Waals surface area contributed by atoms with Gasteiger partial charge in [-0.1, -0.05) is 96.8 Å². The molecule has 0 saturated heterocycles. The van der Waals surface area contributed by atoms with E-state index in [1.54, 1.807) is 0 Å². The van der Waals surface area contributed by atoms with Gasteiger partial charge in [-0.25, -0.2) is 0 Å². The third-order valence-corrected chi connectivity index (χ3v) is 12.5. The van der Waals surface area contributed by atoms with Gasteiger partial charge in [0.05, 0.1) is 0 Å². The van der Waals surface area contributed by atoms with E-state index in [0.717, 1.165) is 17.8 Å². The molecule has 0 aromatic heterocycles. The molecule has 0 nitrogen and oxygen atoms in total. The molecule has 1 heteroatoms. The van der Waals surface area contributed by atoms with Crippen LogP contribution in [0.5, 0.6) is 0 Å². The van der Waals surface area contributed by atoms with Gasteiger partial charge in [0, 0.05) is 0 Å². The second-order valence-electron chi connectivity index (χ2n) is 10.5. The van der Waals surface area contributed by atoms with Gasteiger partial charge in [-0.2, -0.15) is 0 Å². The summed E-state index contributed by atoms with van der Waals surface area (Å²) in [4.78, 5) is 0. The summed E-state index contributed by atoms with van der Waals surface area (Å²) in [5.74, 6) is 5.87. The molecule has 4 aliphatic rings. The molecule has 4 bridgehead atoms. The summed E-state index contributed by atoms with van der Waals surface area (Å²) in [5, 5.41) is 4.49. The van der Waals surface area contributed by atoms with E-state index in [9.17, 15) is 0 Å². The van der Waals surface area contributed by atoms with Crippen LogP contribution in [0.4, 0.5) is 0 Å². The lowest BCUT2D eigenvalue weighted by Crippen LogP contribution is -2.46. The van der Waals surface area contributed by atoms with Crippen LogP contribution < -0.4 is 15.9 Å². The minimum Gasteiger partial charge on any atom is -0.0737 e. The van der Waals surface area contributed by atoms with Crippen molar-refractivity contribution in [1.82, 2.24) is 0 Å². The number of benzene rings is 3. The number of hydrogen-bond acceptors (Lipinski definition) is 0. The van der Waals surface area contributed by atoms with Crippen molar-refractivity contribution >= 4 is 28.6 Å². The Hall–Kier alpha value is -2.04. The lowest BCUT2D eigenvalue weighted by atomic mass is 9.49. The smallest absolute Gasteiger partial charge is 0.0163 e. The highest BCUT2D eigenvalue weighted by Crippen LogP contribution is 2.61. The molecule has 0 N–H and O–H groups in total. The van der Waals surface area contributed by atoms with Crippen LogP contribution in [0.3, 0.4) is 0 Å². The summed E-state index contributed by atoms with van der Waals surface area (Å²) in [6.07, 6.45) is 10.3. The van der Waals surface area contributed by atoms with Gasteiger partial charge in [0.15, 0.2) is 0 Å². The Labute approximate surface area is 187 Å². The molecule has 7 rings (SSSR count). The molecule has 0 heterocycles. The summed E-state index contributed by atoms with van der Waals surface area (Å²) in [6.45, 7) is -1.80. The van der Waals surface area contributed by atoms with Crippen LogP contribution in [0.15, 0.2) is 91.0 Å². The molecule has 0 amide bonds. The summed E-state index contributed by atoms with van der Waals surface area (Å²) < 4.78 is 0. The monoisotopic (exact) mass is 424 g/mol. The zero-order chi connectivity index (χ0) is 20.7. The number of rotatable bonds is 5. The van der Waals surface area contributed by atoms with E-state index in [1.165, 1.54) is 60.9 Å². The van der Waals surface area contributed by atoms with E-state index >= 15 is 0 Å². The van der Waals surface area contributed by atoms with Crippen molar-refractivity contribution in [3.63, 3.8) is 0 Å². The maximum absolute atomic E-state index is 2.83. The van der Waals surface area contributed by atoms with Crippen LogP contribution in [0.25, 0.3) is 0 Å². The van der Waals surface area contributed by atoms with Crippen molar-refractivity contribution in [2.45, 2.75) is 44.9 Å². The summed E-state index contributed by atoms with van der Waals surface area (Å²) in [7, 11) is 0. The second kappa shape index (κ2) is 7.83. The fraction of sp³-hybridized carbons (Fsp3) is 0.367. The minimum absolute atomic E-state index is 0.568. The molecule has 4 aliphatic carbocycles. The van der Waals surface area contributed by atoms with Crippen molar-refractivity contribution in [2.75, 3.05) is 0 Å².